The van der Waals surface area contributed by atoms with Crippen LogP contribution in [0.1, 0.15) is 53.0 Å². The molecule has 3 aromatic heterocycles. The minimum Gasteiger partial charge on any atom is -0.491 e. The number of allylic oxidation sites excluding steroid dienone is 2. The van der Waals surface area contributed by atoms with Crippen molar-refractivity contribution < 1.29 is 29.0 Å². The van der Waals surface area contributed by atoms with Gasteiger partial charge in [0.25, 0.3) is 5.91 Å². The number of nitrogens with zero attached hydrogens (tertiary/aromatic N) is 4. The number of benzene rings is 3. The molecule has 3 aromatic carbocycles. The van der Waals surface area contributed by atoms with Crippen LogP contribution in [0, 0.1) is 12.8 Å². The number of likely N-dealkylation sites (tertiary alicyclic amines) is 1. The summed E-state index contributed by atoms with van der Waals surface area (Å²) in [4.78, 5) is 57.8. The molecule has 3 amide bonds. The van der Waals surface area contributed by atoms with Crippen LogP contribution in [-0.2, 0) is 27.4 Å². The van der Waals surface area contributed by atoms with Crippen molar-refractivity contribution in [3.8, 4) is 16.2 Å². The highest BCUT2D eigenvalue weighted by Crippen LogP contribution is 2.34. The van der Waals surface area contributed by atoms with Gasteiger partial charge in [-0.05, 0) is 65.4 Å². The zero-order valence-electron chi connectivity index (χ0n) is 34.1. The Morgan fingerprint density at radius 3 is 2.67 bits per heavy atom. The van der Waals surface area contributed by atoms with Crippen LogP contribution in [-0.4, -0.2) is 91.8 Å². The lowest BCUT2D eigenvalue weighted by Gasteiger charge is -2.35. The Kier molecular flexibility index (Phi) is 11.1. The maximum Gasteiger partial charge on any atom is 0.255 e. The van der Waals surface area contributed by atoms with Crippen LogP contribution in [0.5, 0.6) is 5.75 Å². The number of H-pyrrole nitrogens is 1. The minimum atomic E-state index is -0.902. The van der Waals surface area contributed by atoms with E-state index in [0.717, 1.165) is 60.2 Å². The fraction of sp³-hybridized carbons (Fsp3) is 0.298. The van der Waals surface area contributed by atoms with Gasteiger partial charge in [-0.15, -0.1) is 11.3 Å². The van der Waals surface area contributed by atoms with Gasteiger partial charge >= 0.3 is 0 Å². The Hall–Kier alpha value is -6.35. The lowest BCUT2D eigenvalue weighted by Crippen LogP contribution is -2.55. The molecule has 9 rings (SSSR count). The maximum atomic E-state index is 14.2. The molecule has 1 saturated heterocycles. The molecular formula is C47H47N7O6S. The molecule has 0 spiro atoms. The van der Waals surface area contributed by atoms with Crippen molar-refractivity contribution in [2.24, 2.45) is 5.92 Å². The minimum absolute atomic E-state index is 0.00731. The van der Waals surface area contributed by atoms with E-state index in [1.165, 1.54) is 16.2 Å². The average Bonchev–Trinajstić information content (AvgIpc) is 4.06. The highest BCUT2D eigenvalue weighted by molar-refractivity contribution is 7.13. The van der Waals surface area contributed by atoms with Crippen LogP contribution in [0.3, 0.4) is 0 Å². The summed E-state index contributed by atoms with van der Waals surface area (Å²) in [5, 5.41) is 19.3. The predicted octanol–water partition coefficient (Wildman–Crippen LogP) is 6.33. The van der Waals surface area contributed by atoms with E-state index in [1.807, 2.05) is 87.8 Å². The number of aromatic amines is 1. The summed E-state index contributed by atoms with van der Waals surface area (Å²) in [6.45, 7) is 6.73. The normalized spacial score (nSPS) is 19.1. The van der Waals surface area contributed by atoms with E-state index < -0.39 is 18.2 Å². The molecule has 13 nitrogen and oxygen atoms in total. The fourth-order valence-corrected chi connectivity index (χ4v) is 9.42. The molecule has 4 N–H and O–H groups in total. The third-order valence-electron chi connectivity index (χ3n) is 11.7. The first-order valence-corrected chi connectivity index (χ1v) is 21.4. The van der Waals surface area contributed by atoms with E-state index in [9.17, 15) is 19.5 Å². The van der Waals surface area contributed by atoms with Gasteiger partial charge in [-0.1, -0.05) is 62.4 Å². The van der Waals surface area contributed by atoms with Crippen molar-refractivity contribution in [1.82, 2.24) is 35.4 Å². The van der Waals surface area contributed by atoms with Gasteiger partial charge < -0.3 is 40.0 Å². The third kappa shape index (κ3) is 8.01. The van der Waals surface area contributed by atoms with Crippen LogP contribution >= 0.6 is 11.3 Å². The summed E-state index contributed by atoms with van der Waals surface area (Å²) < 4.78 is 12.5. The molecular weight excluding hydrogens is 791 g/mol. The number of aromatic nitrogens is 3. The number of carbonyl (C=O) groups is 3. The second kappa shape index (κ2) is 17.0. The van der Waals surface area contributed by atoms with Crippen molar-refractivity contribution in [2.45, 2.75) is 64.7 Å². The number of carbonyl (C=O) groups excluding carboxylic acids is 3. The molecule has 0 aliphatic carbocycles. The molecule has 6 aromatic rings. The summed E-state index contributed by atoms with van der Waals surface area (Å²) in [6, 6.07) is 19.8. The largest absolute Gasteiger partial charge is 0.491 e. The van der Waals surface area contributed by atoms with Crippen molar-refractivity contribution in [2.75, 3.05) is 19.8 Å². The number of aliphatic hydroxyl groups excluding tert-OH is 1. The number of nitrogens with one attached hydrogen (secondary N) is 3. The number of hydrogen-bond donors (Lipinski definition) is 4. The SMILES string of the molecule is Cc1ncsc1-c1ccc(CNC(=O)[C@@H]2C[C@@H](O)CN2C(=O)[C@H](C(C)C)N2Cc3ccccc3C2=O)c(OCCOC2C=CC(c3ccc4c(c3)[nH]c3ccncc34)=CN2)c1. The van der Waals surface area contributed by atoms with Crippen LogP contribution in [0.15, 0.2) is 103 Å². The molecule has 4 atom stereocenters. The number of fused-ring (bicyclic) bond motifs is 4. The Morgan fingerprint density at radius 1 is 1.03 bits per heavy atom. The third-order valence-corrected chi connectivity index (χ3v) is 12.7. The van der Waals surface area contributed by atoms with E-state index in [1.54, 1.807) is 22.7 Å². The van der Waals surface area contributed by atoms with E-state index in [2.05, 4.69) is 43.8 Å². The number of ether oxygens (including phenoxy) is 2. The molecule has 6 heterocycles. The molecule has 61 heavy (non-hydrogen) atoms. The fourth-order valence-electron chi connectivity index (χ4n) is 8.61. The van der Waals surface area contributed by atoms with Crippen LogP contribution in [0.4, 0.5) is 0 Å². The molecule has 0 saturated carbocycles. The van der Waals surface area contributed by atoms with Crippen molar-refractivity contribution in [3.63, 3.8) is 0 Å². The number of pyridine rings is 1. The number of aliphatic hydroxyl groups is 1. The molecule has 0 bridgehead atoms. The molecule has 1 unspecified atom stereocenters. The molecule has 0 radical (unpaired) electrons. The van der Waals surface area contributed by atoms with Crippen LogP contribution < -0.4 is 15.4 Å². The number of aryl methyl sites for hydroxylation is 1. The Labute approximate surface area is 357 Å². The standard InChI is InChI=1S/C47H47N7O6S/c1-27(2)43(54-24-33-6-4-5-7-35(33)46(54)57)47(58)53-25-34(55)20-40(53)45(56)50-22-32-9-8-30(44-28(3)51-26-61-44)19-41(32)59-16-17-60-42-13-11-31(21-49-42)29-10-12-36-37-23-48-15-14-38(37)52-39(36)18-29/h4-15,18-19,21,23,26-27,34,40,42-43,49,52,55H,16-17,20,22,24-25H2,1-3H3,(H,50,56)/t34-,40+,42?,43+/m1/s1. The Morgan fingerprint density at radius 2 is 1.89 bits per heavy atom. The van der Waals surface area contributed by atoms with Gasteiger partial charge in [0.2, 0.25) is 11.8 Å². The monoisotopic (exact) mass is 837 g/mol. The van der Waals surface area contributed by atoms with E-state index in [4.69, 9.17) is 9.47 Å². The maximum absolute atomic E-state index is 14.2. The van der Waals surface area contributed by atoms with Gasteiger partial charge in [-0.25, -0.2) is 4.98 Å². The second-order valence-electron chi connectivity index (χ2n) is 16.1. The molecule has 3 aliphatic rings. The Balaban J connectivity index is 0.838. The van der Waals surface area contributed by atoms with Crippen LogP contribution in [0.25, 0.3) is 37.8 Å². The lowest BCUT2D eigenvalue weighted by atomic mass is 10.0. The highest BCUT2D eigenvalue weighted by atomic mass is 32.1. The van der Waals surface area contributed by atoms with E-state index in [-0.39, 0.29) is 62.6 Å². The molecule has 3 aliphatic heterocycles. The van der Waals surface area contributed by atoms with Crippen LogP contribution in [0.2, 0.25) is 0 Å². The number of hydrogen-bond acceptors (Lipinski definition) is 10. The molecule has 14 heteroatoms. The quantitative estimate of drug-likeness (QED) is 0.0975. The van der Waals surface area contributed by atoms with Gasteiger partial charge in [0.1, 0.15) is 30.7 Å². The zero-order chi connectivity index (χ0) is 42.2. The smallest absolute Gasteiger partial charge is 0.255 e. The first-order chi connectivity index (χ1) is 29.6. The van der Waals surface area contributed by atoms with Crippen molar-refractivity contribution >= 4 is 56.4 Å². The summed E-state index contributed by atoms with van der Waals surface area (Å²) in [5.74, 6) is -0.579. The van der Waals surface area contributed by atoms with Gasteiger partial charge in [-0.2, -0.15) is 0 Å². The summed E-state index contributed by atoms with van der Waals surface area (Å²) in [6.07, 6.45) is 8.51. The first-order valence-electron chi connectivity index (χ1n) is 20.6. The summed E-state index contributed by atoms with van der Waals surface area (Å²) in [5.41, 5.74) is 10.0. The van der Waals surface area contributed by atoms with Gasteiger partial charge in [0.05, 0.1) is 28.8 Å². The number of thiazole rings is 1. The lowest BCUT2D eigenvalue weighted by molar-refractivity contribution is -0.143. The van der Waals surface area contributed by atoms with Gasteiger partial charge in [-0.3, -0.25) is 19.4 Å². The zero-order valence-corrected chi connectivity index (χ0v) is 34.9. The van der Waals surface area contributed by atoms with Gasteiger partial charge in [0.15, 0.2) is 0 Å². The first kappa shape index (κ1) is 40.1. The predicted molar refractivity (Wildman–Crippen MR) is 234 cm³/mol. The molecule has 312 valence electrons. The number of amides is 3. The summed E-state index contributed by atoms with van der Waals surface area (Å²) >= 11 is 1.54. The van der Waals surface area contributed by atoms with E-state index in [0.29, 0.717) is 17.9 Å². The average molecular weight is 838 g/mol. The summed E-state index contributed by atoms with van der Waals surface area (Å²) in [7, 11) is 0. The molecule has 1 fully saturated rings. The number of rotatable bonds is 13. The number of dihydropyridines is 1. The number of β-amino-alcohol motifs (C(OH)–C–C–N with tert-alkyl or cyclic N) is 1. The Bertz CT molecular complexity index is 2700. The van der Waals surface area contributed by atoms with E-state index >= 15 is 0 Å². The van der Waals surface area contributed by atoms with Crippen molar-refractivity contribution in [1.29, 1.82) is 0 Å². The van der Waals surface area contributed by atoms with Gasteiger partial charge in [0, 0.05) is 77.6 Å². The second-order valence-corrected chi connectivity index (χ2v) is 16.9. The highest BCUT2D eigenvalue weighted by Gasteiger charge is 2.45. The van der Waals surface area contributed by atoms with Crippen molar-refractivity contribution in [3.05, 3.63) is 131 Å². The topological polar surface area (TPSA) is 162 Å².